The Morgan fingerprint density at radius 1 is 1.00 bits per heavy atom. The van der Waals surface area contributed by atoms with Crippen molar-refractivity contribution in [3.63, 3.8) is 0 Å². The topological polar surface area (TPSA) is 53.1 Å². The van der Waals surface area contributed by atoms with E-state index in [1.54, 1.807) is 36.1 Å². The number of anilines is 1. The molecule has 0 bridgehead atoms. The molecule has 0 N–H and O–H groups in total. The molecule has 0 spiro atoms. The van der Waals surface area contributed by atoms with Gasteiger partial charge in [-0.05, 0) is 61.9 Å². The van der Waals surface area contributed by atoms with Crippen LogP contribution in [-0.4, -0.2) is 66.9 Å². The van der Waals surface area contributed by atoms with Crippen LogP contribution in [0.25, 0.3) is 0 Å². The first-order valence-corrected chi connectivity index (χ1v) is 11.8. The number of piperazine rings is 1. The zero-order chi connectivity index (χ0) is 22.9. The molecule has 1 heterocycles. The van der Waals surface area contributed by atoms with E-state index in [1.165, 1.54) is 5.56 Å². The second-order valence-corrected chi connectivity index (χ2v) is 8.62. The fraction of sp³-hybridized carbons (Fsp3) is 0.417. The number of halogens is 1. The number of esters is 1. The zero-order valence-corrected chi connectivity index (χ0v) is 20.0. The van der Waals surface area contributed by atoms with Crippen LogP contribution in [0.1, 0.15) is 29.3 Å². The van der Waals surface area contributed by atoms with Gasteiger partial charge >= 0.3 is 5.97 Å². The molecule has 3 rings (SSSR count). The van der Waals surface area contributed by atoms with Crippen LogP contribution in [0.5, 0.6) is 0 Å². The van der Waals surface area contributed by atoms with Crippen LogP contribution in [0.3, 0.4) is 0 Å². The third-order valence-corrected chi connectivity index (χ3v) is 6.05. The van der Waals surface area contributed by atoms with Gasteiger partial charge in [0.2, 0.25) is 0 Å². The Hall–Kier alpha value is -2.06. The fourth-order valence-corrected chi connectivity index (χ4v) is 4.14. The quantitative estimate of drug-likeness (QED) is 0.425. The predicted molar refractivity (Wildman–Crippen MR) is 132 cm³/mol. The van der Waals surface area contributed by atoms with Gasteiger partial charge in [-0.1, -0.05) is 36.4 Å². The van der Waals surface area contributed by atoms with Gasteiger partial charge in [0.05, 0.1) is 12.2 Å². The van der Waals surface area contributed by atoms with Crippen molar-refractivity contribution in [3.05, 3.63) is 64.7 Å². The highest BCUT2D eigenvalue weighted by Gasteiger charge is 2.18. The van der Waals surface area contributed by atoms with E-state index < -0.39 is 0 Å². The van der Waals surface area contributed by atoms with Crippen molar-refractivity contribution in [2.45, 2.75) is 19.9 Å². The summed E-state index contributed by atoms with van der Waals surface area (Å²) in [6.07, 6.45) is 0.850. The van der Waals surface area contributed by atoms with Gasteiger partial charge in [-0.15, -0.1) is 0 Å². The van der Waals surface area contributed by atoms with E-state index in [-0.39, 0.29) is 11.2 Å². The molecule has 0 aliphatic carbocycles. The molecular weight excluding hydrogens is 446 g/mol. The molecule has 0 radical (unpaired) electrons. The summed E-state index contributed by atoms with van der Waals surface area (Å²) in [6.45, 7) is 8.60. The molecule has 1 saturated heterocycles. The number of amides is 1. The van der Waals surface area contributed by atoms with E-state index in [2.05, 4.69) is 34.6 Å². The molecule has 2 aromatic rings. The summed E-state index contributed by atoms with van der Waals surface area (Å²) in [5.41, 5.74) is 2.48. The summed E-state index contributed by atoms with van der Waals surface area (Å²) in [4.78, 5) is 30.4. The molecule has 6 nitrogen and oxygen atoms in total. The molecular formula is C24H30ClN3O3S. The second kappa shape index (κ2) is 12.3. The maximum absolute atomic E-state index is 12.1. The lowest BCUT2D eigenvalue weighted by molar-refractivity contribution is 0.0526. The van der Waals surface area contributed by atoms with Crippen molar-refractivity contribution >= 4 is 41.1 Å². The first kappa shape index (κ1) is 24.6. The van der Waals surface area contributed by atoms with Gasteiger partial charge in [0.25, 0.3) is 5.24 Å². The van der Waals surface area contributed by atoms with Gasteiger partial charge in [0, 0.05) is 50.0 Å². The summed E-state index contributed by atoms with van der Waals surface area (Å²) >= 11 is 10.0. The van der Waals surface area contributed by atoms with E-state index in [0.717, 1.165) is 56.4 Å². The van der Waals surface area contributed by atoms with Gasteiger partial charge < -0.3 is 14.5 Å². The van der Waals surface area contributed by atoms with Crippen LogP contribution in [0.15, 0.2) is 48.5 Å². The summed E-state index contributed by atoms with van der Waals surface area (Å²) in [6, 6.07) is 14.9. The third kappa shape index (κ3) is 7.24. The number of carbonyl (C=O) groups is 2. The van der Waals surface area contributed by atoms with Crippen LogP contribution in [0.4, 0.5) is 10.5 Å². The highest BCUT2D eigenvalue weighted by atomic mass is 35.5. The molecule has 0 saturated carbocycles. The minimum absolute atomic E-state index is 0.304. The van der Waals surface area contributed by atoms with E-state index >= 15 is 0 Å². The average Bonchev–Trinajstić information content (AvgIpc) is 2.79. The van der Waals surface area contributed by atoms with Gasteiger partial charge in [0.15, 0.2) is 0 Å². The molecule has 2 aromatic carbocycles. The van der Waals surface area contributed by atoms with Crippen molar-refractivity contribution in [2.24, 2.45) is 0 Å². The number of hydrogen-bond acceptors (Lipinski definition) is 5. The standard InChI is InChI=1S/C24H30ClN3O3S/c1-2-31-23(29)20-6-10-22(11-7-20)28(24(30)32)13-3-12-26-14-16-27(17-15-26)18-19-4-8-21(25)9-5-19/h4-11H,2-3,12-18H2,1H3,(H,30,32). The SMILES string of the molecule is CCOC(=O)c1ccc(N(CCCN2CCN(Cc3ccc(Cl)cc3)CC2)C(=O)S)cc1. The van der Waals surface area contributed by atoms with E-state index in [4.69, 9.17) is 16.3 Å². The lowest BCUT2D eigenvalue weighted by atomic mass is 10.2. The number of carbonyl (C=O) groups excluding carboxylic acids is 2. The van der Waals surface area contributed by atoms with Crippen LogP contribution >= 0.6 is 24.2 Å². The van der Waals surface area contributed by atoms with Crippen LogP contribution < -0.4 is 4.90 Å². The van der Waals surface area contributed by atoms with Crippen LogP contribution in [-0.2, 0) is 11.3 Å². The maximum atomic E-state index is 12.1. The Kier molecular flexibility index (Phi) is 9.41. The normalized spacial score (nSPS) is 14.8. The van der Waals surface area contributed by atoms with Crippen molar-refractivity contribution in [2.75, 3.05) is 50.8 Å². The first-order chi connectivity index (χ1) is 15.5. The summed E-state index contributed by atoms with van der Waals surface area (Å²) < 4.78 is 5.00. The van der Waals surface area contributed by atoms with Crippen molar-refractivity contribution in [1.29, 1.82) is 0 Å². The second-order valence-electron chi connectivity index (χ2n) is 7.80. The van der Waals surface area contributed by atoms with Gasteiger partial charge in [-0.3, -0.25) is 9.69 Å². The highest BCUT2D eigenvalue weighted by Crippen LogP contribution is 2.19. The van der Waals surface area contributed by atoms with Gasteiger partial charge in [0.1, 0.15) is 0 Å². The van der Waals surface area contributed by atoms with Crippen molar-refractivity contribution in [3.8, 4) is 0 Å². The molecule has 0 atom stereocenters. The highest BCUT2D eigenvalue weighted by molar-refractivity contribution is 7.96. The van der Waals surface area contributed by atoms with Crippen LogP contribution in [0, 0.1) is 0 Å². The smallest absolute Gasteiger partial charge is 0.338 e. The molecule has 1 amide bonds. The molecule has 0 unspecified atom stereocenters. The molecule has 32 heavy (non-hydrogen) atoms. The predicted octanol–water partition coefficient (Wildman–Crippen LogP) is 4.58. The number of ether oxygens (including phenoxy) is 1. The summed E-state index contributed by atoms with van der Waals surface area (Å²) in [5.74, 6) is -0.363. The summed E-state index contributed by atoms with van der Waals surface area (Å²) in [7, 11) is 0. The van der Waals surface area contributed by atoms with Crippen molar-refractivity contribution in [1.82, 2.24) is 9.80 Å². The monoisotopic (exact) mass is 475 g/mol. The maximum Gasteiger partial charge on any atom is 0.338 e. The molecule has 172 valence electrons. The molecule has 1 fully saturated rings. The number of hydrogen-bond donors (Lipinski definition) is 1. The minimum atomic E-state index is -0.363. The van der Waals surface area contributed by atoms with E-state index in [1.807, 2.05) is 12.1 Å². The molecule has 0 aromatic heterocycles. The Labute approximate surface area is 200 Å². The zero-order valence-electron chi connectivity index (χ0n) is 18.4. The molecule has 8 heteroatoms. The average molecular weight is 476 g/mol. The lowest BCUT2D eigenvalue weighted by Crippen LogP contribution is -2.46. The third-order valence-electron chi connectivity index (χ3n) is 5.56. The number of nitrogens with zero attached hydrogens (tertiary/aromatic N) is 3. The number of benzene rings is 2. The fourth-order valence-electron chi connectivity index (χ4n) is 3.80. The van der Waals surface area contributed by atoms with Crippen molar-refractivity contribution < 1.29 is 14.3 Å². The van der Waals surface area contributed by atoms with E-state index in [0.29, 0.717) is 18.7 Å². The number of rotatable bonds is 9. The molecule has 1 aliphatic heterocycles. The van der Waals surface area contributed by atoms with Gasteiger partial charge in [-0.25, -0.2) is 4.79 Å². The van der Waals surface area contributed by atoms with Gasteiger partial charge in [-0.2, -0.15) is 0 Å². The largest absolute Gasteiger partial charge is 0.462 e. The summed E-state index contributed by atoms with van der Waals surface area (Å²) in [5, 5.41) is 0.462. The molecule has 1 aliphatic rings. The Balaban J connectivity index is 1.43. The van der Waals surface area contributed by atoms with E-state index in [9.17, 15) is 9.59 Å². The van der Waals surface area contributed by atoms with Crippen LogP contribution in [0.2, 0.25) is 5.02 Å². The Morgan fingerprint density at radius 2 is 1.62 bits per heavy atom. The number of thiol groups is 1. The lowest BCUT2D eigenvalue weighted by Gasteiger charge is -2.35. The minimum Gasteiger partial charge on any atom is -0.462 e. The Morgan fingerprint density at radius 3 is 2.22 bits per heavy atom. The Bertz CT molecular complexity index is 884. The first-order valence-electron chi connectivity index (χ1n) is 10.9.